The topological polar surface area (TPSA) is 134 Å². The van der Waals surface area contributed by atoms with Gasteiger partial charge >= 0.3 is 0 Å². The number of aryl methyl sites for hydroxylation is 1. The van der Waals surface area contributed by atoms with Crippen molar-refractivity contribution in [1.29, 1.82) is 0 Å². The quantitative estimate of drug-likeness (QED) is 0.437. The Hall–Kier alpha value is -4.15. The molecule has 11 nitrogen and oxygen atoms in total. The number of carbonyl (C=O) groups is 2. The van der Waals surface area contributed by atoms with Gasteiger partial charge in [-0.2, -0.15) is 5.10 Å². The van der Waals surface area contributed by atoms with Crippen molar-refractivity contribution in [3.63, 3.8) is 0 Å². The van der Waals surface area contributed by atoms with Crippen LogP contribution in [0.3, 0.4) is 0 Å². The summed E-state index contributed by atoms with van der Waals surface area (Å²) in [6.45, 7) is 5.51. The van der Waals surface area contributed by atoms with E-state index in [1.807, 2.05) is 56.4 Å². The van der Waals surface area contributed by atoms with Gasteiger partial charge in [0.1, 0.15) is 5.82 Å². The Balaban J connectivity index is 1.52. The molecule has 1 aromatic carbocycles. The largest absolute Gasteiger partial charge is 0.378 e. The molecule has 2 atom stereocenters. The van der Waals surface area contributed by atoms with Crippen molar-refractivity contribution >= 4 is 34.8 Å². The van der Waals surface area contributed by atoms with Gasteiger partial charge in [0.15, 0.2) is 11.5 Å². The first kappa shape index (κ1) is 25.0. The molecule has 0 unspecified atom stereocenters. The van der Waals surface area contributed by atoms with Crippen LogP contribution in [0.2, 0.25) is 0 Å². The minimum atomic E-state index is -0.670. The Morgan fingerprint density at radius 1 is 1.19 bits per heavy atom. The molecule has 3 heterocycles. The summed E-state index contributed by atoms with van der Waals surface area (Å²) >= 11 is 0. The number of aromatic nitrogens is 4. The van der Waals surface area contributed by atoms with E-state index in [0.717, 1.165) is 25.1 Å². The number of hydrogen-bond donors (Lipinski definition) is 3. The molecule has 1 saturated heterocycles. The SMILES string of the molecule is CCn1cc(Nc2nc(N3CCC[C@@H](NC(=O)c4ccc(N(C)C)cc4)[C@H]3C)cnc2C(N)=O)cn1. The van der Waals surface area contributed by atoms with Crippen LogP contribution in [-0.4, -0.2) is 64.3 Å². The van der Waals surface area contributed by atoms with E-state index in [1.165, 1.54) is 0 Å². The smallest absolute Gasteiger partial charge is 0.271 e. The van der Waals surface area contributed by atoms with Crippen LogP contribution in [0.25, 0.3) is 0 Å². The van der Waals surface area contributed by atoms with Gasteiger partial charge in [0.2, 0.25) is 0 Å². The number of primary amides is 1. The lowest BCUT2D eigenvalue weighted by atomic mass is 9.97. The third-order valence-electron chi connectivity index (χ3n) is 6.46. The fourth-order valence-electron chi connectivity index (χ4n) is 4.35. The lowest BCUT2D eigenvalue weighted by Crippen LogP contribution is -2.54. The molecule has 2 amide bonds. The van der Waals surface area contributed by atoms with Crippen molar-refractivity contribution in [2.24, 2.45) is 5.73 Å². The number of rotatable bonds is 8. The number of carbonyl (C=O) groups excluding carboxylic acids is 2. The number of nitrogens with two attached hydrogens (primary N) is 1. The van der Waals surface area contributed by atoms with Crippen LogP contribution in [-0.2, 0) is 6.54 Å². The van der Waals surface area contributed by atoms with Crippen LogP contribution in [0, 0.1) is 0 Å². The number of nitrogens with zero attached hydrogens (tertiary/aromatic N) is 6. The zero-order valence-corrected chi connectivity index (χ0v) is 21.1. The monoisotopic (exact) mass is 491 g/mol. The van der Waals surface area contributed by atoms with Crippen LogP contribution >= 0.6 is 0 Å². The molecular weight excluding hydrogens is 458 g/mol. The van der Waals surface area contributed by atoms with Crippen LogP contribution in [0.4, 0.5) is 23.0 Å². The third kappa shape index (κ3) is 5.40. The van der Waals surface area contributed by atoms with E-state index in [1.54, 1.807) is 17.1 Å². The molecule has 1 aliphatic heterocycles. The summed E-state index contributed by atoms with van der Waals surface area (Å²) < 4.78 is 1.76. The van der Waals surface area contributed by atoms with Gasteiger partial charge in [-0.25, -0.2) is 9.97 Å². The highest BCUT2D eigenvalue weighted by atomic mass is 16.2. The third-order valence-corrected chi connectivity index (χ3v) is 6.46. The maximum absolute atomic E-state index is 12.9. The Kier molecular flexibility index (Phi) is 7.37. The van der Waals surface area contributed by atoms with Gasteiger partial charge in [0, 0.05) is 56.7 Å². The molecule has 2 aromatic heterocycles. The first-order chi connectivity index (χ1) is 17.3. The normalized spacial score (nSPS) is 17.5. The molecule has 0 spiro atoms. The zero-order valence-electron chi connectivity index (χ0n) is 21.1. The summed E-state index contributed by atoms with van der Waals surface area (Å²) in [5, 5.41) is 10.5. The number of benzene rings is 1. The average Bonchev–Trinajstić information content (AvgIpc) is 3.32. The fourth-order valence-corrected chi connectivity index (χ4v) is 4.35. The lowest BCUT2D eigenvalue weighted by Gasteiger charge is -2.40. The van der Waals surface area contributed by atoms with Crippen LogP contribution in [0.1, 0.15) is 47.5 Å². The van der Waals surface area contributed by atoms with Crippen molar-refractivity contribution in [3.05, 3.63) is 54.1 Å². The Morgan fingerprint density at radius 2 is 1.94 bits per heavy atom. The Bertz CT molecular complexity index is 1220. The van der Waals surface area contributed by atoms with Gasteiger partial charge in [-0.1, -0.05) is 0 Å². The highest BCUT2D eigenvalue weighted by Crippen LogP contribution is 2.26. The molecule has 36 heavy (non-hydrogen) atoms. The predicted molar refractivity (Wildman–Crippen MR) is 140 cm³/mol. The molecule has 4 N–H and O–H groups in total. The second-order valence-electron chi connectivity index (χ2n) is 9.10. The first-order valence-corrected chi connectivity index (χ1v) is 12.1. The molecule has 11 heteroatoms. The molecule has 1 fully saturated rings. The van der Waals surface area contributed by atoms with E-state index in [0.29, 0.717) is 23.6 Å². The number of hydrogen-bond acceptors (Lipinski definition) is 8. The highest BCUT2D eigenvalue weighted by molar-refractivity contribution is 5.96. The van der Waals surface area contributed by atoms with Crippen molar-refractivity contribution < 1.29 is 9.59 Å². The van der Waals surface area contributed by atoms with E-state index in [-0.39, 0.29) is 29.5 Å². The van der Waals surface area contributed by atoms with E-state index >= 15 is 0 Å². The van der Waals surface area contributed by atoms with E-state index in [9.17, 15) is 9.59 Å². The van der Waals surface area contributed by atoms with Gasteiger partial charge in [-0.05, 0) is 51.0 Å². The average molecular weight is 492 g/mol. The number of piperidine rings is 1. The predicted octanol–water partition coefficient (Wildman–Crippen LogP) is 2.39. The van der Waals surface area contributed by atoms with Crippen molar-refractivity contribution in [1.82, 2.24) is 25.1 Å². The Morgan fingerprint density at radius 3 is 2.58 bits per heavy atom. The van der Waals surface area contributed by atoms with E-state index < -0.39 is 5.91 Å². The number of amides is 2. The fraction of sp³-hybridized carbons (Fsp3) is 0.400. The number of nitrogens with one attached hydrogen (secondary N) is 2. The minimum Gasteiger partial charge on any atom is -0.378 e. The van der Waals surface area contributed by atoms with Gasteiger partial charge < -0.3 is 26.2 Å². The molecular formula is C25H33N9O2. The summed E-state index contributed by atoms with van der Waals surface area (Å²) in [6, 6.07) is 7.43. The van der Waals surface area contributed by atoms with Gasteiger partial charge in [0.25, 0.3) is 11.8 Å². The minimum absolute atomic E-state index is 0.0341. The summed E-state index contributed by atoms with van der Waals surface area (Å²) in [6.07, 6.45) is 6.76. The molecule has 3 aromatic rings. The molecule has 4 rings (SSSR count). The first-order valence-electron chi connectivity index (χ1n) is 12.1. The second-order valence-corrected chi connectivity index (χ2v) is 9.10. The molecule has 0 aliphatic carbocycles. The van der Waals surface area contributed by atoms with Gasteiger partial charge in [-0.3, -0.25) is 14.3 Å². The summed E-state index contributed by atoms with van der Waals surface area (Å²) in [5.74, 6) is 0.100. The maximum Gasteiger partial charge on any atom is 0.271 e. The van der Waals surface area contributed by atoms with Gasteiger partial charge in [0.05, 0.1) is 18.1 Å². The molecule has 190 valence electrons. The van der Waals surface area contributed by atoms with Crippen molar-refractivity contribution in [2.75, 3.05) is 35.8 Å². The lowest BCUT2D eigenvalue weighted by molar-refractivity contribution is 0.0923. The van der Waals surface area contributed by atoms with E-state index in [4.69, 9.17) is 10.7 Å². The number of anilines is 4. The van der Waals surface area contributed by atoms with Crippen LogP contribution in [0.15, 0.2) is 42.9 Å². The summed E-state index contributed by atoms with van der Waals surface area (Å²) in [7, 11) is 3.93. The van der Waals surface area contributed by atoms with Crippen molar-refractivity contribution in [2.45, 2.75) is 45.3 Å². The Labute approximate surface area is 210 Å². The van der Waals surface area contributed by atoms with Gasteiger partial charge in [-0.15, -0.1) is 0 Å². The second kappa shape index (κ2) is 10.6. The zero-order chi connectivity index (χ0) is 25.8. The standard InChI is InChI=1S/C25H33N9O2/c1-5-33-15-18(13-28-33)29-24-22(23(26)35)27-14-21(31-24)34-12-6-7-20(16(34)2)30-25(36)17-8-10-19(11-9-17)32(3)4/h8-11,13-16,20H,5-7,12H2,1-4H3,(H2,26,35)(H,29,31)(H,30,36)/t16-,20-/m1/s1. The molecule has 1 aliphatic rings. The highest BCUT2D eigenvalue weighted by Gasteiger charge is 2.31. The molecule has 0 radical (unpaired) electrons. The van der Waals surface area contributed by atoms with Crippen LogP contribution in [0.5, 0.6) is 0 Å². The van der Waals surface area contributed by atoms with Crippen LogP contribution < -0.4 is 26.2 Å². The summed E-state index contributed by atoms with van der Waals surface area (Å²) in [4.78, 5) is 38.0. The summed E-state index contributed by atoms with van der Waals surface area (Å²) in [5.41, 5.74) is 7.94. The maximum atomic E-state index is 12.9. The van der Waals surface area contributed by atoms with E-state index in [2.05, 4.69) is 32.5 Å². The van der Waals surface area contributed by atoms with Crippen molar-refractivity contribution in [3.8, 4) is 0 Å². The molecule has 0 bridgehead atoms. The molecule has 0 saturated carbocycles.